The molecule has 0 aliphatic carbocycles. The van der Waals surface area contributed by atoms with Crippen molar-refractivity contribution in [1.82, 2.24) is 0 Å². The molecule has 2 heterocycles. The molecule has 2 aliphatic rings. The van der Waals surface area contributed by atoms with Crippen LogP contribution in [0.1, 0.15) is 24.0 Å². The van der Waals surface area contributed by atoms with Gasteiger partial charge in [0.15, 0.2) is 11.5 Å². The van der Waals surface area contributed by atoms with E-state index in [0.29, 0.717) is 5.75 Å². The Bertz CT molecular complexity index is 854. The molecular formula is C21H22N2O3. The lowest BCUT2D eigenvalue weighted by molar-refractivity contribution is -0.111. The summed E-state index contributed by atoms with van der Waals surface area (Å²) in [6, 6.07) is 11.8. The van der Waals surface area contributed by atoms with Gasteiger partial charge in [0.1, 0.15) is 0 Å². The number of nitrogens with zero attached hydrogens (tertiary/aromatic N) is 1. The molecule has 0 saturated carbocycles. The lowest BCUT2D eigenvalue weighted by Crippen LogP contribution is -2.18. The van der Waals surface area contributed by atoms with E-state index in [1.165, 1.54) is 24.6 Å². The van der Waals surface area contributed by atoms with Crippen molar-refractivity contribution in [2.24, 2.45) is 0 Å². The normalized spacial score (nSPS) is 15.7. The predicted molar refractivity (Wildman–Crippen MR) is 103 cm³/mol. The lowest BCUT2D eigenvalue weighted by atomic mass is 10.1. The highest BCUT2D eigenvalue weighted by molar-refractivity contribution is 6.02. The fourth-order valence-corrected chi connectivity index (χ4v) is 3.32. The topological polar surface area (TPSA) is 50.8 Å². The Kier molecular flexibility index (Phi) is 4.52. The highest BCUT2D eigenvalue weighted by atomic mass is 16.7. The molecule has 1 amide bonds. The molecule has 1 fully saturated rings. The van der Waals surface area contributed by atoms with Crippen molar-refractivity contribution < 1.29 is 14.3 Å². The number of hydrogen-bond donors (Lipinski definition) is 1. The van der Waals surface area contributed by atoms with Crippen LogP contribution in [-0.2, 0) is 4.79 Å². The summed E-state index contributed by atoms with van der Waals surface area (Å²) >= 11 is 0. The zero-order valence-electron chi connectivity index (χ0n) is 14.8. The summed E-state index contributed by atoms with van der Waals surface area (Å²) in [5, 5.41) is 2.95. The summed E-state index contributed by atoms with van der Waals surface area (Å²) in [5.74, 6) is 1.29. The van der Waals surface area contributed by atoms with Crippen molar-refractivity contribution >= 4 is 23.4 Å². The molecule has 1 N–H and O–H groups in total. The van der Waals surface area contributed by atoms with Crippen molar-refractivity contribution in [2.45, 2.75) is 19.8 Å². The van der Waals surface area contributed by atoms with E-state index in [1.807, 2.05) is 31.2 Å². The van der Waals surface area contributed by atoms with Gasteiger partial charge in [-0.3, -0.25) is 4.79 Å². The molecule has 0 unspecified atom stereocenters. The number of ether oxygens (including phenoxy) is 2. The minimum atomic E-state index is -0.153. The van der Waals surface area contributed by atoms with Gasteiger partial charge in [-0.1, -0.05) is 6.07 Å². The van der Waals surface area contributed by atoms with E-state index in [-0.39, 0.29) is 12.7 Å². The quantitative estimate of drug-likeness (QED) is 0.848. The highest BCUT2D eigenvalue weighted by Crippen LogP contribution is 2.32. The first-order valence-corrected chi connectivity index (χ1v) is 8.93. The summed E-state index contributed by atoms with van der Waals surface area (Å²) < 4.78 is 10.6. The summed E-state index contributed by atoms with van der Waals surface area (Å²) in [4.78, 5) is 14.6. The summed E-state index contributed by atoms with van der Waals surface area (Å²) in [6.07, 6.45) is 5.81. The standard InChI is InChI=1S/C21H22N2O3/c1-15-12-17(23-10-2-3-11-23)6-7-18(15)22-21(24)9-5-16-4-8-19-20(13-16)26-14-25-19/h4-9,12-13H,2-3,10-11,14H2,1H3,(H,22,24)/b9-5+. The van der Waals surface area contributed by atoms with E-state index in [0.717, 1.165) is 35.7 Å². The van der Waals surface area contributed by atoms with Gasteiger partial charge in [0, 0.05) is 30.5 Å². The van der Waals surface area contributed by atoms with E-state index in [4.69, 9.17) is 9.47 Å². The van der Waals surface area contributed by atoms with Gasteiger partial charge in [-0.25, -0.2) is 0 Å². The number of anilines is 2. The van der Waals surface area contributed by atoms with Gasteiger partial charge in [-0.15, -0.1) is 0 Å². The molecule has 0 radical (unpaired) electrons. The number of carbonyl (C=O) groups is 1. The molecule has 2 aromatic carbocycles. The Morgan fingerprint density at radius 1 is 1.08 bits per heavy atom. The van der Waals surface area contributed by atoms with Crippen LogP contribution in [0.15, 0.2) is 42.5 Å². The summed E-state index contributed by atoms with van der Waals surface area (Å²) in [6.45, 7) is 4.50. The van der Waals surface area contributed by atoms with Crippen molar-refractivity contribution in [3.05, 3.63) is 53.6 Å². The third-order valence-corrected chi connectivity index (χ3v) is 4.76. The van der Waals surface area contributed by atoms with Crippen molar-refractivity contribution in [1.29, 1.82) is 0 Å². The SMILES string of the molecule is Cc1cc(N2CCCC2)ccc1NC(=O)/C=C/c1ccc2c(c1)OCO2. The molecular weight excluding hydrogens is 328 g/mol. The smallest absolute Gasteiger partial charge is 0.248 e. The first kappa shape index (κ1) is 16.5. The van der Waals surface area contributed by atoms with Crippen LogP contribution in [0.4, 0.5) is 11.4 Å². The van der Waals surface area contributed by atoms with Crippen LogP contribution in [0.2, 0.25) is 0 Å². The zero-order valence-corrected chi connectivity index (χ0v) is 14.8. The van der Waals surface area contributed by atoms with Crippen LogP contribution in [0.25, 0.3) is 6.08 Å². The Balaban J connectivity index is 1.41. The van der Waals surface area contributed by atoms with E-state index in [2.05, 4.69) is 22.3 Å². The molecule has 2 aliphatic heterocycles. The van der Waals surface area contributed by atoms with Crippen LogP contribution < -0.4 is 19.7 Å². The van der Waals surface area contributed by atoms with Gasteiger partial charge in [0.25, 0.3) is 0 Å². The monoisotopic (exact) mass is 350 g/mol. The Hall–Kier alpha value is -2.95. The highest BCUT2D eigenvalue weighted by Gasteiger charge is 2.14. The van der Waals surface area contributed by atoms with Crippen LogP contribution in [0.3, 0.4) is 0 Å². The van der Waals surface area contributed by atoms with E-state index >= 15 is 0 Å². The molecule has 2 aromatic rings. The van der Waals surface area contributed by atoms with Gasteiger partial charge in [0.2, 0.25) is 12.7 Å². The molecule has 26 heavy (non-hydrogen) atoms. The molecule has 0 spiro atoms. The number of amides is 1. The molecule has 134 valence electrons. The molecule has 4 rings (SSSR count). The number of carbonyl (C=O) groups excluding carboxylic acids is 1. The minimum absolute atomic E-state index is 0.153. The van der Waals surface area contributed by atoms with Crippen LogP contribution >= 0.6 is 0 Å². The van der Waals surface area contributed by atoms with Gasteiger partial charge in [0.05, 0.1) is 0 Å². The molecule has 0 bridgehead atoms. The average Bonchev–Trinajstić information content (AvgIpc) is 3.33. The molecule has 5 nitrogen and oxygen atoms in total. The Labute approximate surface area is 153 Å². The van der Waals surface area contributed by atoms with Crippen molar-refractivity contribution in [2.75, 3.05) is 30.1 Å². The molecule has 0 atom stereocenters. The van der Waals surface area contributed by atoms with Crippen molar-refractivity contribution in [3.63, 3.8) is 0 Å². The third-order valence-electron chi connectivity index (χ3n) is 4.76. The Morgan fingerprint density at radius 2 is 1.88 bits per heavy atom. The molecule has 0 aromatic heterocycles. The van der Waals surface area contributed by atoms with Crippen LogP contribution in [0.5, 0.6) is 11.5 Å². The number of aryl methyl sites for hydroxylation is 1. The van der Waals surface area contributed by atoms with E-state index in [1.54, 1.807) is 6.08 Å². The number of benzene rings is 2. The predicted octanol–water partition coefficient (Wildman–Crippen LogP) is 3.98. The van der Waals surface area contributed by atoms with Crippen molar-refractivity contribution in [3.8, 4) is 11.5 Å². The first-order valence-electron chi connectivity index (χ1n) is 8.93. The fraction of sp³-hybridized carbons (Fsp3) is 0.286. The fourth-order valence-electron chi connectivity index (χ4n) is 3.32. The van der Waals surface area contributed by atoms with Gasteiger partial charge in [-0.05, 0) is 67.3 Å². The Morgan fingerprint density at radius 3 is 2.69 bits per heavy atom. The summed E-state index contributed by atoms with van der Waals surface area (Å²) in [7, 11) is 0. The maximum Gasteiger partial charge on any atom is 0.248 e. The van der Waals surface area contributed by atoms with Crippen LogP contribution in [0, 0.1) is 6.92 Å². The lowest BCUT2D eigenvalue weighted by Gasteiger charge is -2.19. The van der Waals surface area contributed by atoms with Gasteiger partial charge >= 0.3 is 0 Å². The number of fused-ring (bicyclic) bond motifs is 1. The number of hydrogen-bond acceptors (Lipinski definition) is 4. The number of nitrogens with one attached hydrogen (secondary N) is 1. The summed E-state index contributed by atoms with van der Waals surface area (Å²) in [5.41, 5.74) is 4.03. The molecule has 5 heteroatoms. The number of rotatable bonds is 4. The zero-order chi connectivity index (χ0) is 17.9. The maximum absolute atomic E-state index is 12.2. The third kappa shape index (κ3) is 3.52. The van der Waals surface area contributed by atoms with Gasteiger partial charge < -0.3 is 19.7 Å². The average molecular weight is 350 g/mol. The minimum Gasteiger partial charge on any atom is -0.454 e. The second-order valence-electron chi connectivity index (χ2n) is 6.63. The van der Waals surface area contributed by atoms with Gasteiger partial charge in [-0.2, -0.15) is 0 Å². The van der Waals surface area contributed by atoms with Crippen LogP contribution in [-0.4, -0.2) is 25.8 Å². The van der Waals surface area contributed by atoms with E-state index < -0.39 is 0 Å². The molecule has 1 saturated heterocycles. The second kappa shape index (κ2) is 7.12. The largest absolute Gasteiger partial charge is 0.454 e. The van der Waals surface area contributed by atoms with E-state index in [9.17, 15) is 4.79 Å². The second-order valence-corrected chi connectivity index (χ2v) is 6.63. The first-order chi connectivity index (χ1) is 12.7. The maximum atomic E-state index is 12.2.